The molecule has 1 atom stereocenters. The zero-order valence-electron chi connectivity index (χ0n) is 19.0. The third-order valence-corrected chi connectivity index (χ3v) is 7.06. The lowest BCUT2D eigenvalue weighted by Crippen LogP contribution is -2.48. The summed E-state index contributed by atoms with van der Waals surface area (Å²) in [6, 6.07) is 9.98. The molecule has 0 bridgehead atoms. The molecule has 1 fully saturated rings. The Bertz CT molecular complexity index is 1270. The second-order valence-corrected chi connectivity index (χ2v) is 9.92. The number of anilines is 3. The number of nitrogens with one attached hydrogen (secondary N) is 2. The minimum absolute atomic E-state index is 0.175. The standard InChI is InChI=1S/C22H28N8O2S/c1-15(27-21-19(23-2)20(24-3)25-14-26-21)18-13-16-7-5-6-8-17(16)22(28-18)29-9-11-30(12-10-29)33(4,31)32/h5-8,13-15H,2,9-12H2,1,3-4H3,(H2,24,25,26,27)/t15-/m0/s1. The highest BCUT2D eigenvalue weighted by molar-refractivity contribution is 7.88. The summed E-state index contributed by atoms with van der Waals surface area (Å²) in [5, 5.41) is 8.48. The number of rotatable bonds is 7. The van der Waals surface area contributed by atoms with Crippen molar-refractivity contribution in [2.75, 3.05) is 55.0 Å². The van der Waals surface area contributed by atoms with Crippen LogP contribution in [-0.4, -0.2) is 73.9 Å². The maximum Gasteiger partial charge on any atom is 0.211 e. The van der Waals surface area contributed by atoms with Gasteiger partial charge in [-0.25, -0.2) is 23.4 Å². The maximum atomic E-state index is 11.9. The van der Waals surface area contributed by atoms with E-state index in [4.69, 9.17) is 4.98 Å². The fourth-order valence-corrected chi connectivity index (χ4v) is 4.82. The van der Waals surface area contributed by atoms with Gasteiger partial charge in [-0.2, -0.15) is 4.31 Å². The van der Waals surface area contributed by atoms with Gasteiger partial charge in [-0.15, -0.1) is 0 Å². The lowest BCUT2D eigenvalue weighted by atomic mass is 10.1. The first kappa shape index (κ1) is 22.9. The van der Waals surface area contributed by atoms with E-state index < -0.39 is 10.0 Å². The van der Waals surface area contributed by atoms with Crippen LogP contribution < -0.4 is 15.5 Å². The van der Waals surface area contributed by atoms with Crippen molar-refractivity contribution < 1.29 is 8.42 Å². The molecule has 4 rings (SSSR count). The van der Waals surface area contributed by atoms with Crippen molar-refractivity contribution in [1.29, 1.82) is 0 Å². The summed E-state index contributed by atoms with van der Waals surface area (Å²) >= 11 is 0. The van der Waals surface area contributed by atoms with Gasteiger partial charge in [-0.1, -0.05) is 24.3 Å². The lowest BCUT2D eigenvalue weighted by molar-refractivity contribution is 0.387. The van der Waals surface area contributed by atoms with Crippen LogP contribution in [0.5, 0.6) is 0 Å². The SMILES string of the molecule is C=Nc1c(NC)ncnc1N[C@@H](C)c1cc2ccccc2c(N2CCN(S(C)(=O)=O)CC2)n1. The average Bonchev–Trinajstić information content (AvgIpc) is 2.82. The molecule has 0 radical (unpaired) electrons. The van der Waals surface area contributed by atoms with Crippen molar-refractivity contribution >= 4 is 50.7 Å². The van der Waals surface area contributed by atoms with Gasteiger partial charge in [0.05, 0.1) is 18.0 Å². The summed E-state index contributed by atoms with van der Waals surface area (Å²) in [5.41, 5.74) is 1.39. The number of hydrogen-bond acceptors (Lipinski definition) is 9. The smallest absolute Gasteiger partial charge is 0.211 e. The monoisotopic (exact) mass is 468 g/mol. The van der Waals surface area contributed by atoms with Crippen LogP contribution in [0.25, 0.3) is 10.8 Å². The van der Waals surface area contributed by atoms with Gasteiger partial charge in [-0.3, -0.25) is 4.99 Å². The van der Waals surface area contributed by atoms with E-state index in [2.05, 4.69) is 49.3 Å². The molecule has 1 aromatic carbocycles. The molecular formula is C22H28N8O2S. The van der Waals surface area contributed by atoms with Gasteiger partial charge in [0.1, 0.15) is 17.8 Å². The Kier molecular flexibility index (Phi) is 6.43. The molecule has 3 aromatic rings. The Morgan fingerprint density at radius 1 is 1.12 bits per heavy atom. The predicted molar refractivity (Wildman–Crippen MR) is 133 cm³/mol. The first-order valence-electron chi connectivity index (χ1n) is 10.7. The number of nitrogens with zero attached hydrogens (tertiary/aromatic N) is 6. The topological polar surface area (TPSA) is 116 Å². The molecule has 174 valence electrons. The zero-order chi connectivity index (χ0) is 23.6. The number of benzene rings is 1. The zero-order valence-corrected chi connectivity index (χ0v) is 19.8. The summed E-state index contributed by atoms with van der Waals surface area (Å²) in [6.45, 7) is 7.69. The van der Waals surface area contributed by atoms with Crippen LogP contribution in [0.2, 0.25) is 0 Å². The van der Waals surface area contributed by atoms with Crippen LogP contribution in [-0.2, 0) is 10.0 Å². The van der Waals surface area contributed by atoms with Crippen LogP contribution in [0, 0.1) is 0 Å². The first-order chi connectivity index (χ1) is 15.8. The van der Waals surface area contributed by atoms with Gasteiger partial charge in [0.15, 0.2) is 11.6 Å². The maximum absolute atomic E-state index is 11.9. The van der Waals surface area contributed by atoms with E-state index in [1.54, 1.807) is 7.05 Å². The molecule has 0 unspecified atom stereocenters. The van der Waals surface area contributed by atoms with Crippen molar-refractivity contribution in [1.82, 2.24) is 19.3 Å². The third-order valence-electron chi connectivity index (χ3n) is 5.76. The molecule has 0 aliphatic carbocycles. The minimum Gasteiger partial charge on any atom is -0.371 e. The summed E-state index contributed by atoms with van der Waals surface area (Å²) in [7, 11) is -1.43. The Morgan fingerprint density at radius 3 is 2.48 bits per heavy atom. The third kappa shape index (κ3) is 4.74. The quantitative estimate of drug-likeness (QED) is 0.509. The average molecular weight is 469 g/mol. The van der Waals surface area contributed by atoms with E-state index in [0.717, 1.165) is 22.3 Å². The fraction of sp³-hybridized carbons (Fsp3) is 0.364. The molecule has 2 aromatic heterocycles. The fourth-order valence-electron chi connectivity index (χ4n) is 3.99. The van der Waals surface area contributed by atoms with E-state index in [1.807, 2.05) is 25.1 Å². The molecule has 0 saturated carbocycles. The van der Waals surface area contributed by atoms with Crippen LogP contribution in [0.15, 0.2) is 41.7 Å². The summed E-state index contributed by atoms with van der Waals surface area (Å²) in [5.74, 6) is 2.01. The van der Waals surface area contributed by atoms with Gasteiger partial charge >= 0.3 is 0 Å². The highest BCUT2D eigenvalue weighted by Gasteiger charge is 2.26. The number of aliphatic imine (C=N–C) groups is 1. The van der Waals surface area contributed by atoms with Gasteiger partial charge in [0.25, 0.3) is 0 Å². The van der Waals surface area contributed by atoms with Gasteiger partial charge in [-0.05, 0) is 25.1 Å². The second-order valence-electron chi connectivity index (χ2n) is 7.93. The summed E-state index contributed by atoms with van der Waals surface area (Å²) in [6.07, 6.45) is 2.72. The molecule has 2 N–H and O–H groups in total. The summed E-state index contributed by atoms with van der Waals surface area (Å²) in [4.78, 5) is 19.7. The van der Waals surface area contributed by atoms with Crippen LogP contribution >= 0.6 is 0 Å². The molecule has 0 spiro atoms. The Balaban J connectivity index is 1.67. The largest absolute Gasteiger partial charge is 0.371 e. The Morgan fingerprint density at radius 2 is 1.82 bits per heavy atom. The van der Waals surface area contributed by atoms with E-state index in [1.165, 1.54) is 16.9 Å². The molecule has 0 amide bonds. The first-order valence-corrected chi connectivity index (χ1v) is 12.5. The van der Waals surface area contributed by atoms with Gasteiger partial charge in [0, 0.05) is 38.6 Å². The van der Waals surface area contributed by atoms with Crippen molar-refractivity contribution in [3.05, 3.63) is 42.4 Å². The molecule has 11 heteroatoms. The van der Waals surface area contributed by atoms with Crippen LogP contribution in [0.4, 0.5) is 23.1 Å². The highest BCUT2D eigenvalue weighted by Crippen LogP contribution is 2.33. The number of hydrogen-bond donors (Lipinski definition) is 2. The number of pyridine rings is 1. The molecule has 1 aliphatic rings. The molecular weight excluding hydrogens is 440 g/mol. The molecule has 1 aliphatic heterocycles. The van der Waals surface area contributed by atoms with Gasteiger partial charge < -0.3 is 15.5 Å². The van der Waals surface area contributed by atoms with Crippen molar-refractivity contribution in [2.45, 2.75) is 13.0 Å². The van der Waals surface area contributed by atoms with E-state index >= 15 is 0 Å². The normalized spacial score (nSPS) is 15.9. The van der Waals surface area contributed by atoms with E-state index in [0.29, 0.717) is 43.5 Å². The van der Waals surface area contributed by atoms with Crippen molar-refractivity contribution in [2.24, 2.45) is 4.99 Å². The minimum atomic E-state index is -3.20. The van der Waals surface area contributed by atoms with Crippen LogP contribution in [0.3, 0.4) is 0 Å². The van der Waals surface area contributed by atoms with Crippen molar-refractivity contribution in [3.63, 3.8) is 0 Å². The predicted octanol–water partition coefficient (Wildman–Crippen LogP) is 2.65. The van der Waals surface area contributed by atoms with Crippen LogP contribution in [0.1, 0.15) is 18.7 Å². The number of sulfonamides is 1. The molecule has 3 heterocycles. The Labute approximate surface area is 193 Å². The van der Waals surface area contributed by atoms with Gasteiger partial charge in [0.2, 0.25) is 10.0 Å². The summed E-state index contributed by atoms with van der Waals surface area (Å²) < 4.78 is 25.3. The number of piperazine rings is 1. The van der Waals surface area contributed by atoms with E-state index in [9.17, 15) is 8.42 Å². The molecule has 1 saturated heterocycles. The van der Waals surface area contributed by atoms with E-state index in [-0.39, 0.29) is 6.04 Å². The number of fused-ring (bicyclic) bond motifs is 1. The second kappa shape index (κ2) is 9.28. The number of aromatic nitrogens is 3. The highest BCUT2D eigenvalue weighted by atomic mass is 32.2. The molecule has 33 heavy (non-hydrogen) atoms. The molecule has 10 nitrogen and oxygen atoms in total. The lowest BCUT2D eigenvalue weighted by Gasteiger charge is -2.35. The Hall–Kier alpha value is -3.31. The van der Waals surface area contributed by atoms with Crippen molar-refractivity contribution in [3.8, 4) is 0 Å².